The maximum Gasteiger partial charge on any atom is 0.307 e. The van der Waals surface area contributed by atoms with Gasteiger partial charge in [0.25, 0.3) is 0 Å². The van der Waals surface area contributed by atoms with Crippen LogP contribution in [0.1, 0.15) is 30.9 Å². The number of carboxylic acids is 1. The van der Waals surface area contributed by atoms with E-state index in [-0.39, 0.29) is 6.42 Å². The number of nitrogens with one attached hydrogen (secondary N) is 1. The third-order valence-electron chi connectivity index (χ3n) is 4.52. The molecule has 1 heterocycles. The highest BCUT2D eigenvalue weighted by molar-refractivity contribution is 5.70. The standard InChI is InChI=1S/C17H26N2O2/c1-17(7-9-19(2)10-8-17)13-18-12-15-6-4-3-5-14(15)11-16(20)21/h3-6,18H,7-13H2,1-2H3,(H,20,21). The van der Waals surface area contributed by atoms with Gasteiger partial charge in [0.05, 0.1) is 6.42 Å². The molecule has 1 saturated heterocycles. The van der Waals surface area contributed by atoms with Crippen LogP contribution in [0.4, 0.5) is 0 Å². The molecule has 1 fully saturated rings. The van der Waals surface area contributed by atoms with Crippen molar-refractivity contribution in [1.82, 2.24) is 10.2 Å². The lowest BCUT2D eigenvalue weighted by Gasteiger charge is -2.38. The molecule has 0 atom stereocenters. The zero-order chi connectivity index (χ0) is 15.3. The summed E-state index contributed by atoms with van der Waals surface area (Å²) in [6, 6.07) is 7.80. The summed E-state index contributed by atoms with van der Waals surface area (Å²) < 4.78 is 0. The lowest BCUT2D eigenvalue weighted by Crippen LogP contribution is -2.41. The van der Waals surface area contributed by atoms with Crippen LogP contribution in [0.15, 0.2) is 24.3 Å². The fraction of sp³-hybridized carbons (Fsp3) is 0.588. The molecule has 1 aromatic rings. The lowest BCUT2D eigenvalue weighted by atomic mass is 9.80. The Balaban J connectivity index is 1.87. The van der Waals surface area contributed by atoms with Crippen LogP contribution in [-0.2, 0) is 17.8 Å². The van der Waals surface area contributed by atoms with Gasteiger partial charge in [0, 0.05) is 13.1 Å². The third-order valence-corrected chi connectivity index (χ3v) is 4.52. The predicted molar refractivity (Wildman–Crippen MR) is 84.3 cm³/mol. The van der Waals surface area contributed by atoms with Crippen molar-refractivity contribution in [2.75, 3.05) is 26.7 Å². The van der Waals surface area contributed by atoms with Gasteiger partial charge in [-0.1, -0.05) is 31.2 Å². The lowest BCUT2D eigenvalue weighted by molar-refractivity contribution is -0.136. The molecule has 0 unspecified atom stereocenters. The Morgan fingerprint density at radius 2 is 1.90 bits per heavy atom. The van der Waals surface area contributed by atoms with E-state index in [9.17, 15) is 4.79 Å². The van der Waals surface area contributed by atoms with E-state index in [1.807, 2.05) is 24.3 Å². The molecule has 1 aromatic carbocycles. The molecule has 21 heavy (non-hydrogen) atoms. The molecule has 1 aliphatic heterocycles. The molecule has 2 N–H and O–H groups in total. The maximum absolute atomic E-state index is 10.9. The molecule has 0 aliphatic carbocycles. The van der Waals surface area contributed by atoms with Crippen molar-refractivity contribution < 1.29 is 9.90 Å². The second-order valence-electron chi connectivity index (χ2n) is 6.56. The van der Waals surface area contributed by atoms with Gasteiger partial charge in [0.1, 0.15) is 0 Å². The Hall–Kier alpha value is -1.39. The van der Waals surface area contributed by atoms with E-state index in [0.717, 1.165) is 37.3 Å². The van der Waals surface area contributed by atoms with Crippen LogP contribution in [0.2, 0.25) is 0 Å². The summed E-state index contributed by atoms with van der Waals surface area (Å²) in [4.78, 5) is 13.3. The van der Waals surface area contributed by atoms with Gasteiger partial charge < -0.3 is 15.3 Å². The van der Waals surface area contributed by atoms with Crippen LogP contribution in [-0.4, -0.2) is 42.7 Å². The normalized spacial score (nSPS) is 18.6. The molecule has 1 aliphatic rings. The molecule has 4 heteroatoms. The van der Waals surface area contributed by atoms with Crippen molar-refractivity contribution >= 4 is 5.97 Å². The minimum atomic E-state index is -0.773. The monoisotopic (exact) mass is 290 g/mol. The van der Waals surface area contributed by atoms with Gasteiger partial charge in [-0.05, 0) is 49.5 Å². The summed E-state index contributed by atoms with van der Waals surface area (Å²) in [5.41, 5.74) is 2.36. The van der Waals surface area contributed by atoms with Gasteiger partial charge >= 0.3 is 5.97 Å². The number of piperidine rings is 1. The van der Waals surface area contributed by atoms with E-state index in [4.69, 9.17) is 5.11 Å². The Morgan fingerprint density at radius 1 is 1.29 bits per heavy atom. The molecule has 0 bridgehead atoms. The Kier molecular flexibility index (Phi) is 5.37. The Labute approximate surface area is 127 Å². The summed E-state index contributed by atoms with van der Waals surface area (Å²) in [5, 5.41) is 12.5. The summed E-state index contributed by atoms with van der Waals surface area (Å²) >= 11 is 0. The highest BCUT2D eigenvalue weighted by atomic mass is 16.4. The molecule has 0 amide bonds. The van der Waals surface area contributed by atoms with Crippen LogP contribution in [0.3, 0.4) is 0 Å². The van der Waals surface area contributed by atoms with E-state index >= 15 is 0 Å². The number of likely N-dealkylation sites (tertiary alicyclic amines) is 1. The molecule has 0 radical (unpaired) electrons. The maximum atomic E-state index is 10.9. The van der Waals surface area contributed by atoms with E-state index in [1.165, 1.54) is 12.8 Å². The first kappa shape index (κ1) is 16.0. The average molecular weight is 290 g/mol. The SMILES string of the molecule is CN1CCC(C)(CNCc2ccccc2CC(=O)O)CC1. The zero-order valence-corrected chi connectivity index (χ0v) is 13.1. The zero-order valence-electron chi connectivity index (χ0n) is 13.1. The van der Waals surface area contributed by atoms with E-state index < -0.39 is 5.97 Å². The van der Waals surface area contributed by atoms with Crippen LogP contribution in [0.5, 0.6) is 0 Å². The van der Waals surface area contributed by atoms with E-state index in [0.29, 0.717) is 5.41 Å². The number of hydrogen-bond donors (Lipinski definition) is 2. The average Bonchev–Trinajstić information content (AvgIpc) is 2.44. The van der Waals surface area contributed by atoms with Gasteiger partial charge in [-0.2, -0.15) is 0 Å². The van der Waals surface area contributed by atoms with Crippen molar-refractivity contribution in [2.45, 2.75) is 32.7 Å². The van der Waals surface area contributed by atoms with Gasteiger partial charge in [-0.3, -0.25) is 4.79 Å². The van der Waals surface area contributed by atoms with Gasteiger partial charge in [0.15, 0.2) is 0 Å². The minimum Gasteiger partial charge on any atom is -0.481 e. The van der Waals surface area contributed by atoms with E-state index in [1.54, 1.807) is 0 Å². The van der Waals surface area contributed by atoms with Gasteiger partial charge in [-0.25, -0.2) is 0 Å². The van der Waals surface area contributed by atoms with Crippen molar-refractivity contribution in [3.63, 3.8) is 0 Å². The molecule has 4 nitrogen and oxygen atoms in total. The van der Waals surface area contributed by atoms with Crippen LogP contribution in [0, 0.1) is 5.41 Å². The number of hydrogen-bond acceptors (Lipinski definition) is 3. The predicted octanol–water partition coefficient (Wildman–Crippen LogP) is 2.14. The number of rotatable bonds is 6. The second-order valence-corrected chi connectivity index (χ2v) is 6.56. The number of benzene rings is 1. The second kappa shape index (κ2) is 7.05. The van der Waals surface area contributed by atoms with Gasteiger partial charge in [0.2, 0.25) is 0 Å². The first-order valence-corrected chi connectivity index (χ1v) is 7.66. The first-order valence-electron chi connectivity index (χ1n) is 7.66. The number of aliphatic carboxylic acids is 1. The van der Waals surface area contributed by atoms with Gasteiger partial charge in [-0.15, -0.1) is 0 Å². The summed E-state index contributed by atoms with van der Waals surface area (Å²) in [6.45, 7) is 6.40. The molecule has 2 rings (SSSR count). The van der Waals surface area contributed by atoms with Crippen molar-refractivity contribution in [2.24, 2.45) is 5.41 Å². The number of nitrogens with zero attached hydrogens (tertiary/aromatic N) is 1. The van der Waals surface area contributed by atoms with Crippen LogP contribution >= 0.6 is 0 Å². The number of carbonyl (C=O) groups is 1. The van der Waals surface area contributed by atoms with Crippen molar-refractivity contribution in [3.05, 3.63) is 35.4 Å². The summed E-state index contributed by atoms with van der Waals surface area (Å²) in [5.74, 6) is -0.773. The highest BCUT2D eigenvalue weighted by Crippen LogP contribution is 2.29. The fourth-order valence-corrected chi connectivity index (χ4v) is 2.90. The first-order chi connectivity index (χ1) is 9.98. The summed E-state index contributed by atoms with van der Waals surface area (Å²) in [6.07, 6.45) is 2.53. The van der Waals surface area contributed by atoms with E-state index in [2.05, 4.69) is 24.2 Å². The highest BCUT2D eigenvalue weighted by Gasteiger charge is 2.28. The molecule has 0 spiro atoms. The molecule has 116 valence electrons. The Morgan fingerprint density at radius 3 is 2.52 bits per heavy atom. The summed E-state index contributed by atoms with van der Waals surface area (Å²) in [7, 11) is 2.18. The molecule has 0 aromatic heterocycles. The van der Waals surface area contributed by atoms with Crippen molar-refractivity contribution in [1.29, 1.82) is 0 Å². The Bertz CT molecular complexity index is 479. The fourth-order valence-electron chi connectivity index (χ4n) is 2.90. The molecular weight excluding hydrogens is 264 g/mol. The number of carboxylic acid groups (broad SMARTS) is 1. The smallest absolute Gasteiger partial charge is 0.307 e. The van der Waals surface area contributed by atoms with Crippen LogP contribution in [0.25, 0.3) is 0 Å². The third kappa shape index (κ3) is 4.83. The largest absolute Gasteiger partial charge is 0.481 e. The minimum absolute atomic E-state index is 0.0971. The van der Waals surface area contributed by atoms with Crippen molar-refractivity contribution in [3.8, 4) is 0 Å². The molecule has 0 saturated carbocycles. The van der Waals surface area contributed by atoms with Crippen LogP contribution < -0.4 is 5.32 Å². The molecular formula is C17H26N2O2. The quantitative estimate of drug-likeness (QED) is 0.843. The topological polar surface area (TPSA) is 52.6 Å².